The van der Waals surface area contributed by atoms with Crippen LogP contribution < -0.4 is 10.2 Å². The number of nitrogens with one attached hydrogen (secondary N) is 1. The van der Waals surface area contributed by atoms with Crippen LogP contribution in [0.5, 0.6) is 0 Å². The lowest BCUT2D eigenvalue weighted by Crippen LogP contribution is -2.50. The Morgan fingerprint density at radius 1 is 1.37 bits per heavy atom. The second kappa shape index (κ2) is 5.33. The molecule has 3 heterocycles. The van der Waals surface area contributed by atoms with Crippen molar-refractivity contribution in [2.45, 2.75) is 32.7 Å². The zero-order chi connectivity index (χ0) is 13.2. The van der Waals surface area contributed by atoms with Gasteiger partial charge < -0.3 is 10.2 Å². The third-order valence-corrected chi connectivity index (χ3v) is 4.17. The zero-order valence-corrected chi connectivity index (χ0v) is 11.9. The topological polar surface area (TPSA) is 44.3 Å². The average molecular weight is 261 g/mol. The van der Waals surface area contributed by atoms with Crippen molar-refractivity contribution in [2.24, 2.45) is 0 Å². The Bertz CT molecular complexity index is 447. The fourth-order valence-electron chi connectivity index (χ4n) is 3.18. The Hall–Kier alpha value is -1.36. The summed E-state index contributed by atoms with van der Waals surface area (Å²) < 4.78 is 0. The third kappa shape index (κ3) is 2.52. The van der Waals surface area contributed by atoms with E-state index in [-0.39, 0.29) is 0 Å². The van der Waals surface area contributed by atoms with Crippen molar-refractivity contribution in [3.8, 4) is 0 Å². The lowest BCUT2D eigenvalue weighted by atomic mass is 10.1. The Labute approximate surface area is 115 Å². The molecule has 1 atom stereocenters. The molecule has 2 saturated heterocycles. The number of fused-ring (bicyclic) bond motifs is 1. The van der Waals surface area contributed by atoms with Gasteiger partial charge in [-0.15, -0.1) is 0 Å². The molecule has 5 nitrogen and oxygen atoms in total. The predicted molar refractivity (Wildman–Crippen MR) is 77.7 cm³/mol. The summed E-state index contributed by atoms with van der Waals surface area (Å²) in [5.74, 6) is 1.86. The molecule has 0 spiro atoms. The second-order valence-corrected chi connectivity index (χ2v) is 5.51. The van der Waals surface area contributed by atoms with Crippen LogP contribution in [0.15, 0.2) is 6.20 Å². The molecule has 1 aromatic rings. The molecule has 0 amide bonds. The van der Waals surface area contributed by atoms with Crippen LogP contribution >= 0.6 is 0 Å². The molecule has 0 saturated carbocycles. The highest BCUT2D eigenvalue weighted by Gasteiger charge is 2.31. The summed E-state index contributed by atoms with van der Waals surface area (Å²) >= 11 is 0. The Kier molecular flexibility index (Phi) is 3.55. The molecule has 3 rings (SSSR count). The standard InChI is InChI=1S/C14H23N5/c1-3-15-14-16-9-11(2)13(17-14)19-8-7-18-6-4-5-12(18)10-19/h9,12H,3-8,10H2,1-2H3,(H,15,16,17). The fourth-order valence-corrected chi connectivity index (χ4v) is 3.18. The van der Waals surface area contributed by atoms with Gasteiger partial charge in [0.15, 0.2) is 0 Å². The van der Waals surface area contributed by atoms with E-state index in [0.717, 1.165) is 37.4 Å². The van der Waals surface area contributed by atoms with E-state index in [1.807, 2.05) is 6.20 Å². The maximum absolute atomic E-state index is 4.69. The SMILES string of the molecule is CCNc1ncc(C)c(N2CCN3CCCC3C2)n1. The Morgan fingerprint density at radius 3 is 3.11 bits per heavy atom. The minimum Gasteiger partial charge on any atom is -0.354 e. The lowest BCUT2D eigenvalue weighted by Gasteiger charge is -2.38. The molecule has 0 radical (unpaired) electrons. The van der Waals surface area contributed by atoms with E-state index in [0.29, 0.717) is 0 Å². The summed E-state index contributed by atoms with van der Waals surface area (Å²) in [5, 5.41) is 3.20. The van der Waals surface area contributed by atoms with Crippen molar-refractivity contribution >= 4 is 11.8 Å². The highest BCUT2D eigenvalue weighted by molar-refractivity contribution is 5.49. The summed E-state index contributed by atoms with van der Waals surface area (Å²) in [6.45, 7) is 9.68. The minimum absolute atomic E-state index is 0.727. The van der Waals surface area contributed by atoms with Crippen molar-refractivity contribution in [2.75, 3.05) is 42.9 Å². The van der Waals surface area contributed by atoms with E-state index < -0.39 is 0 Å². The van der Waals surface area contributed by atoms with Gasteiger partial charge in [-0.3, -0.25) is 4.90 Å². The van der Waals surface area contributed by atoms with Crippen LogP contribution in [0, 0.1) is 6.92 Å². The van der Waals surface area contributed by atoms with Gasteiger partial charge >= 0.3 is 0 Å². The Morgan fingerprint density at radius 2 is 2.26 bits per heavy atom. The van der Waals surface area contributed by atoms with Crippen LogP contribution in [-0.4, -0.2) is 53.6 Å². The van der Waals surface area contributed by atoms with Crippen LogP contribution in [-0.2, 0) is 0 Å². The molecule has 0 aliphatic carbocycles. The predicted octanol–water partition coefficient (Wildman–Crippen LogP) is 1.50. The molecule has 2 aliphatic heterocycles. The van der Waals surface area contributed by atoms with Gasteiger partial charge in [0.05, 0.1) is 0 Å². The first-order valence-corrected chi connectivity index (χ1v) is 7.34. The summed E-state index contributed by atoms with van der Waals surface area (Å²) in [7, 11) is 0. The van der Waals surface area contributed by atoms with E-state index in [4.69, 9.17) is 0 Å². The van der Waals surface area contributed by atoms with Crippen LogP contribution in [0.4, 0.5) is 11.8 Å². The van der Waals surface area contributed by atoms with Gasteiger partial charge in [-0.2, -0.15) is 4.98 Å². The molecular weight excluding hydrogens is 238 g/mol. The first-order chi connectivity index (χ1) is 9.28. The monoisotopic (exact) mass is 261 g/mol. The maximum Gasteiger partial charge on any atom is 0.224 e. The number of nitrogens with zero attached hydrogens (tertiary/aromatic N) is 4. The number of rotatable bonds is 3. The van der Waals surface area contributed by atoms with Gasteiger partial charge in [0.2, 0.25) is 5.95 Å². The molecule has 2 fully saturated rings. The van der Waals surface area contributed by atoms with Gasteiger partial charge in [0, 0.05) is 44.0 Å². The van der Waals surface area contributed by atoms with Crippen molar-refractivity contribution in [3.63, 3.8) is 0 Å². The maximum atomic E-state index is 4.69. The fraction of sp³-hybridized carbons (Fsp3) is 0.714. The van der Waals surface area contributed by atoms with E-state index in [1.165, 1.54) is 31.5 Å². The second-order valence-electron chi connectivity index (χ2n) is 5.51. The van der Waals surface area contributed by atoms with Crippen LogP contribution in [0.25, 0.3) is 0 Å². The number of piperazine rings is 1. The number of anilines is 2. The van der Waals surface area contributed by atoms with Gasteiger partial charge in [0.25, 0.3) is 0 Å². The lowest BCUT2D eigenvalue weighted by molar-refractivity contribution is 0.230. The Balaban J connectivity index is 1.79. The first-order valence-electron chi connectivity index (χ1n) is 7.34. The van der Waals surface area contributed by atoms with E-state index in [9.17, 15) is 0 Å². The van der Waals surface area contributed by atoms with E-state index in [2.05, 4.69) is 38.9 Å². The van der Waals surface area contributed by atoms with Gasteiger partial charge in [0.1, 0.15) is 5.82 Å². The summed E-state index contributed by atoms with van der Waals surface area (Å²) in [4.78, 5) is 14.1. The molecule has 1 aromatic heterocycles. The molecule has 0 aromatic carbocycles. The van der Waals surface area contributed by atoms with Crippen molar-refractivity contribution in [1.29, 1.82) is 0 Å². The summed E-state index contributed by atoms with van der Waals surface area (Å²) in [6, 6.07) is 0.727. The number of hydrogen-bond donors (Lipinski definition) is 1. The molecule has 0 bridgehead atoms. The largest absolute Gasteiger partial charge is 0.354 e. The van der Waals surface area contributed by atoms with Gasteiger partial charge in [-0.05, 0) is 33.2 Å². The van der Waals surface area contributed by atoms with E-state index in [1.54, 1.807) is 0 Å². The zero-order valence-electron chi connectivity index (χ0n) is 11.9. The van der Waals surface area contributed by atoms with Crippen molar-refractivity contribution < 1.29 is 0 Å². The molecule has 2 aliphatic rings. The smallest absolute Gasteiger partial charge is 0.224 e. The number of aryl methyl sites for hydroxylation is 1. The average Bonchev–Trinajstić information content (AvgIpc) is 2.88. The van der Waals surface area contributed by atoms with Crippen LogP contribution in [0.3, 0.4) is 0 Å². The summed E-state index contributed by atoms with van der Waals surface area (Å²) in [6.07, 6.45) is 4.62. The molecule has 1 N–H and O–H groups in total. The quantitative estimate of drug-likeness (QED) is 0.893. The minimum atomic E-state index is 0.727. The normalized spacial score (nSPS) is 23.5. The van der Waals surface area contributed by atoms with Crippen LogP contribution in [0.1, 0.15) is 25.3 Å². The molecular formula is C14H23N5. The molecule has 1 unspecified atom stereocenters. The first kappa shape index (κ1) is 12.7. The van der Waals surface area contributed by atoms with Crippen molar-refractivity contribution in [1.82, 2.24) is 14.9 Å². The summed E-state index contributed by atoms with van der Waals surface area (Å²) in [5.41, 5.74) is 1.17. The number of hydrogen-bond acceptors (Lipinski definition) is 5. The third-order valence-electron chi connectivity index (χ3n) is 4.17. The molecule has 5 heteroatoms. The molecule has 19 heavy (non-hydrogen) atoms. The number of aromatic nitrogens is 2. The van der Waals surface area contributed by atoms with E-state index >= 15 is 0 Å². The molecule has 104 valence electrons. The highest BCUT2D eigenvalue weighted by Crippen LogP contribution is 2.26. The van der Waals surface area contributed by atoms with Crippen LogP contribution in [0.2, 0.25) is 0 Å². The van der Waals surface area contributed by atoms with Crippen molar-refractivity contribution in [3.05, 3.63) is 11.8 Å². The van der Waals surface area contributed by atoms with Gasteiger partial charge in [-0.25, -0.2) is 4.98 Å². The van der Waals surface area contributed by atoms with Gasteiger partial charge in [-0.1, -0.05) is 0 Å². The highest BCUT2D eigenvalue weighted by atomic mass is 15.3.